The van der Waals surface area contributed by atoms with Crippen LogP contribution in [0.2, 0.25) is 0 Å². The van der Waals surface area contributed by atoms with Crippen molar-refractivity contribution in [3.63, 3.8) is 0 Å². The largest absolute Gasteiger partial charge is 0.312 e. The summed E-state index contributed by atoms with van der Waals surface area (Å²) < 4.78 is 0. The van der Waals surface area contributed by atoms with E-state index < -0.39 is 0 Å². The molecule has 0 atom stereocenters. The number of aromatic amines is 1. The van der Waals surface area contributed by atoms with Crippen molar-refractivity contribution in [2.75, 3.05) is 6.54 Å². The quantitative estimate of drug-likeness (QED) is 0.789. The van der Waals surface area contributed by atoms with Crippen molar-refractivity contribution in [2.24, 2.45) is 0 Å². The van der Waals surface area contributed by atoms with Gasteiger partial charge in [0.1, 0.15) is 6.33 Å². The Morgan fingerprint density at radius 2 is 2.43 bits per heavy atom. The first-order valence-corrected chi connectivity index (χ1v) is 5.23. The van der Waals surface area contributed by atoms with Crippen LogP contribution in [0.5, 0.6) is 0 Å². The van der Waals surface area contributed by atoms with Crippen molar-refractivity contribution in [3.05, 3.63) is 17.4 Å². The second-order valence-corrected chi connectivity index (χ2v) is 3.86. The number of H-pyrrole nitrogens is 1. The van der Waals surface area contributed by atoms with E-state index in [-0.39, 0.29) is 0 Å². The molecule has 2 N–H and O–H groups in total. The molecule has 6 heteroatoms. The van der Waals surface area contributed by atoms with Crippen molar-refractivity contribution in [1.82, 2.24) is 25.5 Å². The molecular formula is C8H11N5S. The highest BCUT2D eigenvalue weighted by Gasteiger charge is 2.05. The molecule has 5 nitrogen and oxygen atoms in total. The lowest BCUT2D eigenvalue weighted by Crippen LogP contribution is -2.10. The topological polar surface area (TPSA) is 66.5 Å². The Morgan fingerprint density at radius 3 is 3.14 bits per heavy atom. The average Bonchev–Trinajstić information content (AvgIpc) is 2.85. The Kier molecular flexibility index (Phi) is 2.85. The molecule has 0 bridgehead atoms. The van der Waals surface area contributed by atoms with E-state index >= 15 is 0 Å². The highest BCUT2D eigenvalue weighted by Crippen LogP contribution is 2.20. The van der Waals surface area contributed by atoms with Gasteiger partial charge in [0.15, 0.2) is 10.8 Å². The molecule has 74 valence electrons. The van der Waals surface area contributed by atoms with Gasteiger partial charge >= 0.3 is 0 Å². The molecule has 0 aromatic carbocycles. The summed E-state index contributed by atoms with van der Waals surface area (Å²) in [6.07, 6.45) is 3.35. The van der Waals surface area contributed by atoms with Gasteiger partial charge in [0.25, 0.3) is 0 Å². The summed E-state index contributed by atoms with van der Waals surface area (Å²) in [5.74, 6) is 0.734. The zero-order chi connectivity index (χ0) is 9.80. The molecule has 0 fully saturated rings. The molecule has 2 aromatic rings. The molecule has 0 amide bonds. The lowest BCUT2D eigenvalue weighted by atomic mass is 10.5. The number of rotatable bonds is 4. The van der Waals surface area contributed by atoms with Crippen LogP contribution in [0.1, 0.15) is 11.8 Å². The highest BCUT2D eigenvalue weighted by atomic mass is 32.1. The van der Waals surface area contributed by atoms with Crippen LogP contribution in [0.15, 0.2) is 12.5 Å². The van der Waals surface area contributed by atoms with Crippen molar-refractivity contribution in [1.29, 1.82) is 0 Å². The summed E-state index contributed by atoms with van der Waals surface area (Å²) in [5, 5.41) is 10.7. The smallest absolute Gasteiger partial charge is 0.184 e. The number of nitrogens with one attached hydrogen (secondary N) is 2. The third-order valence-corrected chi connectivity index (χ3v) is 2.72. The summed E-state index contributed by atoms with van der Waals surface area (Å²) in [5.41, 5.74) is 0. The molecule has 0 aliphatic carbocycles. The van der Waals surface area contributed by atoms with E-state index in [9.17, 15) is 0 Å². The first-order valence-electron chi connectivity index (χ1n) is 4.41. The molecule has 0 aliphatic heterocycles. The molecule has 0 saturated carbocycles. The first-order chi connectivity index (χ1) is 6.90. The predicted molar refractivity (Wildman–Crippen MR) is 54.9 cm³/mol. The second-order valence-electron chi connectivity index (χ2n) is 2.75. The number of hydrogen-bond donors (Lipinski definition) is 2. The summed E-state index contributed by atoms with van der Waals surface area (Å²) in [7, 11) is 0. The molecule has 2 heterocycles. The minimum Gasteiger partial charge on any atom is -0.312 e. The minimum atomic E-state index is 0.734. The standard InChI is InChI=1S/C8H11N5S/c1-2-9-3-6-4-10-8(14-6)7-11-5-12-13-7/h4-5,9H,2-3H2,1H3,(H,11,12,13). The summed E-state index contributed by atoms with van der Waals surface area (Å²) in [6, 6.07) is 0. The van der Waals surface area contributed by atoms with E-state index in [1.807, 2.05) is 6.20 Å². The molecule has 0 radical (unpaired) electrons. The van der Waals surface area contributed by atoms with Crippen LogP contribution in [0.4, 0.5) is 0 Å². The van der Waals surface area contributed by atoms with Crippen LogP contribution >= 0.6 is 11.3 Å². The number of thiazole rings is 1. The zero-order valence-corrected chi connectivity index (χ0v) is 8.64. The Morgan fingerprint density at radius 1 is 1.50 bits per heavy atom. The van der Waals surface area contributed by atoms with Gasteiger partial charge in [0.05, 0.1) is 0 Å². The number of aromatic nitrogens is 4. The molecule has 0 spiro atoms. The van der Waals surface area contributed by atoms with Crippen molar-refractivity contribution < 1.29 is 0 Å². The van der Waals surface area contributed by atoms with Crippen molar-refractivity contribution in [3.8, 4) is 10.8 Å². The van der Waals surface area contributed by atoms with Crippen LogP contribution in [0.25, 0.3) is 10.8 Å². The van der Waals surface area contributed by atoms with Gasteiger partial charge in [-0.2, -0.15) is 5.10 Å². The van der Waals surface area contributed by atoms with Crippen molar-refractivity contribution in [2.45, 2.75) is 13.5 Å². The van der Waals surface area contributed by atoms with Gasteiger partial charge in [-0.1, -0.05) is 6.92 Å². The first kappa shape index (κ1) is 9.29. The Labute approximate surface area is 85.6 Å². The maximum atomic E-state index is 4.26. The molecule has 0 saturated heterocycles. The van der Waals surface area contributed by atoms with E-state index in [0.717, 1.165) is 23.9 Å². The van der Waals surface area contributed by atoms with Gasteiger partial charge < -0.3 is 5.32 Å². The van der Waals surface area contributed by atoms with Gasteiger partial charge in [0, 0.05) is 17.6 Å². The highest BCUT2D eigenvalue weighted by molar-refractivity contribution is 7.14. The van der Waals surface area contributed by atoms with E-state index in [2.05, 4.69) is 32.4 Å². The van der Waals surface area contributed by atoms with Crippen LogP contribution in [-0.4, -0.2) is 26.7 Å². The van der Waals surface area contributed by atoms with Crippen LogP contribution in [-0.2, 0) is 6.54 Å². The van der Waals surface area contributed by atoms with Gasteiger partial charge in [-0.15, -0.1) is 11.3 Å². The summed E-state index contributed by atoms with van der Waals surface area (Å²) >= 11 is 1.62. The van der Waals surface area contributed by atoms with E-state index in [4.69, 9.17) is 0 Å². The van der Waals surface area contributed by atoms with Crippen LogP contribution < -0.4 is 5.32 Å². The van der Waals surface area contributed by atoms with E-state index in [1.165, 1.54) is 11.2 Å². The third-order valence-electron chi connectivity index (χ3n) is 1.72. The summed E-state index contributed by atoms with van der Waals surface area (Å²) in [4.78, 5) is 9.50. The van der Waals surface area contributed by atoms with Crippen LogP contribution in [0, 0.1) is 0 Å². The van der Waals surface area contributed by atoms with Crippen LogP contribution in [0.3, 0.4) is 0 Å². The molecule has 0 unspecified atom stereocenters. The fraction of sp³-hybridized carbons (Fsp3) is 0.375. The Hall–Kier alpha value is -1.27. The van der Waals surface area contributed by atoms with Gasteiger partial charge in [-0.05, 0) is 6.54 Å². The molecule has 2 aromatic heterocycles. The SMILES string of the molecule is CCNCc1cnc(-c2ncn[nH]2)s1. The fourth-order valence-electron chi connectivity index (χ4n) is 1.06. The Balaban J connectivity index is 2.10. The molecule has 0 aliphatic rings. The third kappa shape index (κ3) is 1.97. The molecular weight excluding hydrogens is 198 g/mol. The fourth-order valence-corrected chi connectivity index (χ4v) is 1.88. The number of hydrogen-bond acceptors (Lipinski definition) is 5. The van der Waals surface area contributed by atoms with Gasteiger partial charge in [-0.3, -0.25) is 5.10 Å². The zero-order valence-electron chi connectivity index (χ0n) is 7.82. The van der Waals surface area contributed by atoms with Gasteiger partial charge in [0.2, 0.25) is 0 Å². The monoisotopic (exact) mass is 209 g/mol. The van der Waals surface area contributed by atoms with Gasteiger partial charge in [-0.25, -0.2) is 9.97 Å². The predicted octanol–water partition coefficient (Wildman–Crippen LogP) is 1.04. The second kappa shape index (κ2) is 4.30. The number of nitrogens with zero attached hydrogens (tertiary/aromatic N) is 3. The lowest BCUT2D eigenvalue weighted by Gasteiger charge is -1.94. The maximum absolute atomic E-state index is 4.26. The average molecular weight is 209 g/mol. The lowest BCUT2D eigenvalue weighted by molar-refractivity contribution is 0.734. The normalized spacial score (nSPS) is 10.6. The Bertz CT molecular complexity index is 380. The van der Waals surface area contributed by atoms with E-state index in [0.29, 0.717) is 0 Å². The molecule has 14 heavy (non-hydrogen) atoms. The molecule has 2 rings (SSSR count). The minimum absolute atomic E-state index is 0.734. The van der Waals surface area contributed by atoms with E-state index in [1.54, 1.807) is 11.3 Å². The maximum Gasteiger partial charge on any atom is 0.184 e. The summed E-state index contributed by atoms with van der Waals surface area (Å²) in [6.45, 7) is 3.91. The van der Waals surface area contributed by atoms with Crippen molar-refractivity contribution >= 4 is 11.3 Å².